The van der Waals surface area contributed by atoms with Gasteiger partial charge in [-0.15, -0.1) is 0 Å². The van der Waals surface area contributed by atoms with Crippen LogP contribution in [-0.2, 0) is 14.5 Å². The quantitative estimate of drug-likeness (QED) is 0.360. The molecule has 0 bridgehead atoms. The van der Waals surface area contributed by atoms with E-state index in [4.69, 9.17) is 9.47 Å². The highest BCUT2D eigenvalue weighted by Gasteiger charge is 2.38. The first-order valence-electron chi connectivity index (χ1n) is 12.0. The van der Waals surface area contributed by atoms with E-state index in [0.717, 1.165) is 25.5 Å². The number of aromatic nitrogens is 2. The van der Waals surface area contributed by atoms with Crippen LogP contribution >= 0.6 is 0 Å². The van der Waals surface area contributed by atoms with Crippen molar-refractivity contribution in [2.24, 2.45) is 4.36 Å². The number of anilines is 2. The van der Waals surface area contributed by atoms with Crippen molar-refractivity contribution in [3.05, 3.63) is 42.0 Å². The highest BCUT2D eigenvalue weighted by atomic mass is 32.2. The third-order valence-corrected chi connectivity index (χ3v) is 8.60. The van der Waals surface area contributed by atoms with Gasteiger partial charge in [-0.1, -0.05) is 0 Å². The molecule has 210 valence electrons. The van der Waals surface area contributed by atoms with Gasteiger partial charge in [0.1, 0.15) is 41.2 Å². The number of halogens is 4. The summed E-state index contributed by atoms with van der Waals surface area (Å²) < 4.78 is 81.0. The van der Waals surface area contributed by atoms with Gasteiger partial charge in [0.05, 0.1) is 28.0 Å². The number of hydrogen-bond acceptors (Lipinski definition) is 8. The lowest BCUT2D eigenvalue weighted by atomic mass is 10.1. The number of methoxy groups -OCH3 is 1. The van der Waals surface area contributed by atoms with E-state index in [2.05, 4.69) is 19.6 Å². The van der Waals surface area contributed by atoms with E-state index >= 15 is 0 Å². The van der Waals surface area contributed by atoms with Crippen molar-refractivity contribution >= 4 is 43.7 Å². The summed E-state index contributed by atoms with van der Waals surface area (Å²) in [4.78, 5) is 20.9. The predicted molar refractivity (Wildman–Crippen MR) is 139 cm³/mol. The summed E-state index contributed by atoms with van der Waals surface area (Å²) in [5.74, 6) is -0.116. The molecule has 0 aliphatic carbocycles. The summed E-state index contributed by atoms with van der Waals surface area (Å²) >= 11 is 0. The molecule has 2 aromatic carbocycles. The van der Waals surface area contributed by atoms with Crippen LogP contribution in [-0.4, -0.2) is 57.0 Å². The fourth-order valence-corrected chi connectivity index (χ4v) is 5.40. The summed E-state index contributed by atoms with van der Waals surface area (Å²) in [7, 11) is -0.856. The van der Waals surface area contributed by atoms with Crippen LogP contribution in [0.3, 0.4) is 0 Å². The van der Waals surface area contributed by atoms with Crippen LogP contribution in [0.15, 0.2) is 35.0 Å². The molecule has 1 saturated heterocycles. The SMILES string of the molecule is COc1c(N=S2(=O)CCC2)cc2ncnc(Nc3ccc(F)cc3O[C@H](C)C(=O)N[C@@H](C)C(F)(F)F)c2c1C. The first-order chi connectivity index (χ1) is 18.3. The van der Waals surface area contributed by atoms with Gasteiger partial charge in [-0.3, -0.25) is 4.79 Å². The largest absolute Gasteiger partial charge is 0.494 e. The number of hydrogen-bond donors (Lipinski definition) is 2. The number of amides is 1. The Morgan fingerprint density at radius 1 is 1.18 bits per heavy atom. The van der Waals surface area contributed by atoms with Gasteiger partial charge in [0.25, 0.3) is 5.91 Å². The molecule has 2 heterocycles. The molecule has 1 aliphatic rings. The second kappa shape index (κ2) is 10.8. The van der Waals surface area contributed by atoms with E-state index in [1.807, 2.05) is 5.32 Å². The number of carbonyl (C=O) groups is 1. The van der Waals surface area contributed by atoms with E-state index in [9.17, 15) is 26.6 Å². The first-order valence-corrected chi connectivity index (χ1v) is 13.8. The zero-order valence-corrected chi connectivity index (χ0v) is 22.4. The highest BCUT2D eigenvalue weighted by Crippen LogP contribution is 2.41. The normalized spacial score (nSPS) is 16.1. The Morgan fingerprint density at radius 2 is 1.90 bits per heavy atom. The lowest BCUT2D eigenvalue weighted by Crippen LogP contribution is -2.47. The topological polar surface area (TPSA) is 115 Å². The minimum atomic E-state index is -4.63. The standard InChI is InChI=1S/C25H27F4N5O4S/c1-13-21-18(11-19(22(13)37-4)34-39(36)8-5-9-39)30-12-31-23(21)33-17-7-6-16(26)10-20(17)38-14(2)24(35)32-15(3)25(27,28)29/h6-7,10-12,14-15H,5,8-9H2,1-4H3,(H,32,35)(H,30,31,33)/t14-,15+/m1/s1. The highest BCUT2D eigenvalue weighted by molar-refractivity contribution is 7.95. The van der Waals surface area contributed by atoms with Gasteiger partial charge in [0, 0.05) is 28.5 Å². The van der Waals surface area contributed by atoms with Crippen LogP contribution in [0, 0.1) is 12.7 Å². The van der Waals surface area contributed by atoms with Crippen molar-refractivity contribution in [1.29, 1.82) is 0 Å². The van der Waals surface area contributed by atoms with Gasteiger partial charge in [0.15, 0.2) is 6.10 Å². The van der Waals surface area contributed by atoms with Crippen LogP contribution in [0.25, 0.3) is 10.9 Å². The molecule has 0 unspecified atom stereocenters. The van der Waals surface area contributed by atoms with E-state index in [0.29, 0.717) is 39.4 Å². The van der Waals surface area contributed by atoms with E-state index in [1.54, 1.807) is 13.0 Å². The van der Waals surface area contributed by atoms with Gasteiger partial charge in [-0.25, -0.2) is 18.6 Å². The van der Waals surface area contributed by atoms with Gasteiger partial charge in [-0.05, 0) is 45.4 Å². The second-order valence-electron chi connectivity index (χ2n) is 9.09. The zero-order valence-electron chi connectivity index (χ0n) is 21.6. The molecule has 0 saturated carbocycles. The first kappa shape index (κ1) is 28.3. The fraction of sp³-hybridized carbons (Fsp3) is 0.400. The van der Waals surface area contributed by atoms with E-state index in [-0.39, 0.29) is 17.3 Å². The van der Waals surface area contributed by atoms with Crippen molar-refractivity contribution in [2.75, 3.05) is 23.9 Å². The third-order valence-electron chi connectivity index (χ3n) is 6.21. The smallest absolute Gasteiger partial charge is 0.408 e. The monoisotopic (exact) mass is 569 g/mol. The van der Waals surface area contributed by atoms with Crippen LogP contribution in [0.4, 0.5) is 34.8 Å². The van der Waals surface area contributed by atoms with Crippen LogP contribution in [0.1, 0.15) is 25.8 Å². The molecule has 1 aromatic heterocycles. The minimum absolute atomic E-state index is 0.123. The molecule has 2 atom stereocenters. The number of alkyl halides is 3. The zero-order chi connectivity index (χ0) is 28.5. The fourth-order valence-electron chi connectivity index (χ4n) is 3.94. The Kier molecular flexibility index (Phi) is 7.87. The maximum Gasteiger partial charge on any atom is 0.408 e. The Morgan fingerprint density at radius 3 is 2.51 bits per heavy atom. The Bertz CT molecular complexity index is 1530. The molecule has 0 radical (unpaired) electrons. The predicted octanol–water partition coefficient (Wildman–Crippen LogP) is 5.17. The number of carbonyl (C=O) groups excluding carboxylic acids is 1. The molecule has 1 aliphatic heterocycles. The molecule has 1 fully saturated rings. The maximum atomic E-state index is 14.1. The molecule has 14 heteroatoms. The average molecular weight is 570 g/mol. The Labute approximate surface area is 222 Å². The Balaban J connectivity index is 1.68. The molecular formula is C25H27F4N5O4S. The third kappa shape index (κ3) is 6.15. The number of nitrogens with zero attached hydrogens (tertiary/aromatic N) is 3. The van der Waals surface area contributed by atoms with Crippen molar-refractivity contribution in [3.8, 4) is 11.5 Å². The van der Waals surface area contributed by atoms with Gasteiger partial charge < -0.3 is 20.1 Å². The number of ether oxygens (including phenoxy) is 2. The summed E-state index contributed by atoms with van der Waals surface area (Å²) in [6.45, 7) is 3.82. The molecule has 4 rings (SSSR count). The summed E-state index contributed by atoms with van der Waals surface area (Å²) in [5, 5.41) is 5.41. The maximum absolute atomic E-state index is 14.1. The molecule has 1 amide bonds. The van der Waals surface area contributed by atoms with Crippen molar-refractivity contribution in [1.82, 2.24) is 15.3 Å². The number of aryl methyl sites for hydroxylation is 1. The van der Waals surface area contributed by atoms with Crippen molar-refractivity contribution in [2.45, 2.75) is 45.5 Å². The number of rotatable bonds is 8. The summed E-state index contributed by atoms with van der Waals surface area (Å²) in [6, 6.07) is 3.05. The molecule has 3 aromatic rings. The van der Waals surface area contributed by atoms with Crippen LogP contribution in [0.5, 0.6) is 11.5 Å². The Hall–Kier alpha value is -3.68. The van der Waals surface area contributed by atoms with Crippen molar-refractivity contribution in [3.63, 3.8) is 0 Å². The van der Waals surface area contributed by atoms with Gasteiger partial charge >= 0.3 is 6.18 Å². The number of fused-ring (bicyclic) bond motifs is 1. The molecule has 39 heavy (non-hydrogen) atoms. The van der Waals surface area contributed by atoms with Gasteiger partial charge in [-0.2, -0.15) is 17.5 Å². The summed E-state index contributed by atoms with van der Waals surface area (Å²) in [5.41, 5.74) is 1.70. The van der Waals surface area contributed by atoms with Crippen LogP contribution < -0.4 is 20.1 Å². The number of nitrogens with one attached hydrogen (secondary N) is 2. The number of benzene rings is 2. The lowest BCUT2D eigenvalue weighted by molar-refractivity contribution is -0.160. The molecule has 2 N–H and O–H groups in total. The van der Waals surface area contributed by atoms with Crippen molar-refractivity contribution < 1.29 is 36.0 Å². The van der Waals surface area contributed by atoms with E-state index in [1.165, 1.54) is 26.4 Å². The molecular weight excluding hydrogens is 542 g/mol. The second-order valence-corrected chi connectivity index (χ2v) is 11.6. The average Bonchev–Trinajstić information content (AvgIpc) is 2.84. The summed E-state index contributed by atoms with van der Waals surface area (Å²) in [6.07, 6.45) is -3.87. The van der Waals surface area contributed by atoms with Crippen LogP contribution in [0.2, 0.25) is 0 Å². The van der Waals surface area contributed by atoms with E-state index < -0.39 is 39.8 Å². The minimum Gasteiger partial charge on any atom is -0.494 e. The lowest BCUT2D eigenvalue weighted by Gasteiger charge is -2.22. The molecule has 0 spiro atoms. The molecule has 9 nitrogen and oxygen atoms in total. The van der Waals surface area contributed by atoms with Gasteiger partial charge in [0.2, 0.25) is 0 Å².